The van der Waals surface area contributed by atoms with Crippen molar-refractivity contribution < 1.29 is 37.1 Å². The van der Waals surface area contributed by atoms with Crippen LogP contribution in [0.2, 0.25) is 0 Å². The number of rotatable bonds is 21. The minimum absolute atomic E-state index is 0.00372. The Balaban J connectivity index is 2.26. The molecule has 0 spiro atoms. The largest absolute Gasteiger partial charge is 0.379 e. The van der Waals surface area contributed by atoms with Crippen molar-refractivity contribution in [1.29, 1.82) is 0 Å². The van der Waals surface area contributed by atoms with Crippen LogP contribution in [0, 0.1) is 29.6 Å². The molecule has 1 aliphatic rings. The molecule has 290 valence electrons. The molecule has 1 aromatic carbocycles. The normalized spacial score (nSPS) is 19.2. The van der Waals surface area contributed by atoms with Crippen LogP contribution in [0.15, 0.2) is 30.3 Å². The number of benzene rings is 1. The number of sulfonamides is 1. The van der Waals surface area contributed by atoms with E-state index in [1.807, 2.05) is 41.5 Å². The number of ketones is 1. The summed E-state index contributed by atoms with van der Waals surface area (Å²) in [5.74, 6) is -2.83. The summed E-state index contributed by atoms with van der Waals surface area (Å²) < 4.78 is 39.6. The molecule has 8 atom stereocenters. The molecule has 2 rings (SSSR count). The molecule has 0 bridgehead atoms. The van der Waals surface area contributed by atoms with Crippen LogP contribution in [0.1, 0.15) is 86.1 Å². The second-order valence-corrected chi connectivity index (χ2v) is 16.6. The zero-order valence-corrected chi connectivity index (χ0v) is 33.5. The van der Waals surface area contributed by atoms with Gasteiger partial charge >= 0.3 is 0 Å². The Bertz CT molecular complexity index is 1390. The number of ether oxygens (including phenoxy) is 2. The highest BCUT2D eigenvalue weighted by atomic mass is 32.2. The SMILES string of the molecule is CC[C@H](C)[C@@H]([C@@H](CC(=O)N1CCC[C@H]1[C@H](OC)[C@@H](C)C(=O)NS(=O)(=O)Cc1ccccc1)OC)N(C)C(=O)[C@@H](CC(=O)[C@@H](NC)C(C)C)C(C)C. The summed E-state index contributed by atoms with van der Waals surface area (Å²) in [4.78, 5) is 58.1. The quantitative estimate of drug-likeness (QED) is 0.191. The van der Waals surface area contributed by atoms with Gasteiger partial charge in [-0.15, -0.1) is 0 Å². The number of methoxy groups -OCH3 is 2. The van der Waals surface area contributed by atoms with Crippen LogP contribution >= 0.6 is 0 Å². The van der Waals surface area contributed by atoms with Gasteiger partial charge in [-0.3, -0.25) is 23.9 Å². The lowest BCUT2D eigenvalue weighted by Gasteiger charge is -2.41. The van der Waals surface area contributed by atoms with Crippen molar-refractivity contribution in [1.82, 2.24) is 19.8 Å². The number of nitrogens with one attached hydrogen (secondary N) is 2. The first-order valence-electron chi connectivity index (χ1n) is 18.3. The molecule has 0 aliphatic carbocycles. The molecular weight excluding hydrogens is 673 g/mol. The third kappa shape index (κ3) is 12.1. The number of amides is 3. The summed E-state index contributed by atoms with van der Waals surface area (Å²) in [7, 11) is 2.53. The Morgan fingerprint density at radius 3 is 2.10 bits per heavy atom. The summed E-state index contributed by atoms with van der Waals surface area (Å²) in [6.45, 7) is 14.0. The van der Waals surface area contributed by atoms with E-state index in [1.54, 1.807) is 61.2 Å². The number of nitrogens with zero attached hydrogens (tertiary/aromatic N) is 2. The Hall–Kier alpha value is -2.87. The number of carbonyl (C=O) groups is 4. The summed E-state index contributed by atoms with van der Waals surface area (Å²) in [6, 6.07) is 7.34. The Kier molecular flexibility index (Phi) is 17.7. The predicted molar refractivity (Wildman–Crippen MR) is 199 cm³/mol. The highest BCUT2D eigenvalue weighted by molar-refractivity contribution is 7.89. The van der Waals surface area contributed by atoms with Gasteiger partial charge in [-0.25, -0.2) is 8.42 Å². The predicted octanol–water partition coefficient (Wildman–Crippen LogP) is 4.03. The monoisotopic (exact) mass is 736 g/mol. The molecule has 0 radical (unpaired) electrons. The van der Waals surface area contributed by atoms with E-state index in [0.717, 1.165) is 6.42 Å². The van der Waals surface area contributed by atoms with Gasteiger partial charge in [0.05, 0.1) is 48.4 Å². The highest BCUT2D eigenvalue weighted by Gasteiger charge is 2.43. The number of likely N-dealkylation sites (N-methyl/N-ethyl adjacent to an activating group) is 2. The third-order valence-corrected chi connectivity index (χ3v) is 11.8. The summed E-state index contributed by atoms with van der Waals surface area (Å²) in [6.07, 6.45) is 0.707. The number of carbonyl (C=O) groups excluding carboxylic acids is 4. The van der Waals surface area contributed by atoms with E-state index in [4.69, 9.17) is 9.47 Å². The van der Waals surface area contributed by atoms with E-state index in [1.165, 1.54) is 14.2 Å². The third-order valence-electron chi connectivity index (χ3n) is 10.6. The maximum Gasteiger partial charge on any atom is 0.239 e. The summed E-state index contributed by atoms with van der Waals surface area (Å²) >= 11 is 0. The van der Waals surface area contributed by atoms with Crippen molar-refractivity contribution in [2.75, 3.05) is 34.9 Å². The first-order chi connectivity index (χ1) is 23.9. The van der Waals surface area contributed by atoms with Crippen molar-refractivity contribution >= 4 is 33.5 Å². The molecule has 12 nitrogen and oxygen atoms in total. The highest BCUT2D eigenvalue weighted by Crippen LogP contribution is 2.31. The smallest absolute Gasteiger partial charge is 0.239 e. The topological polar surface area (TPSA) is 151 Å². The van der Waals surface area contributed by atoms with E-state index < -0.39 is 52.1 Å². The molecule has 1 aliphatic heterocycles. The second-order valence-electron chi connectivity index (χ2n) is 14.8. The lowest BCUT2D eigenvalue weighted by atomic mass is 9.84. The number of hydrogen-bond donors (Lipinski definition) is 2. The minimum atomic E-state index is -3.96. The maximum absolute atomic E-state index is 14.2. The average Bonchev–Trinajstić information content (AvgIpc) is 3.56. The maximum atomic E-state index is 14.2. The lowest BCUT2D eigenvalue weighted by Crippen LogP contribution is -2.54. The summed E-state index contributed by atoms with van der Waals surface area (Å²) in [5, 5.41) is 3.09. The van der Waals surface area contributed by atoms with E-state index >= 15 is 0 Å². The molecule has 1 fully saturated rings. The number of likely N-dealkylation sites (tertiary alicyclic amines) is 1. The zero-order chi connectivity index (χ0) is 38.6. The van der Waals surface area contributed by atoms with Gasteiger partial charge in [-0.1, -0.05) is 85.2 Å². The van der Waals surface area contributed by atoms with Crippen LogP contribution in [0.3, 0.4) is 0 Å². The molecule has 3 amide bonds. The van der Waals surface area contributed by atoms with Gasteiger partial charge < -0.3 is 24.6 Å². The van der Waals surface area contributed by atoms with Crippen LogP contribution in [0.4, 0.5) is 0 Å². The molecule has 1 aromatic rings. The zero-order valence-electron chi connectivity index (χ0n) is 32.7. The Morgan fingerprint density at radius 2 is 1.59 bits per heavy atom. The molecule has 51 heavy (non-hydrogen) atoms. The van der Waals surface area contributed by atoms with Crippen LogP contribution in [-0.2, 0) is 44.4 Å². The van der Waals surface area contributed by atoms with E-state index in [2.05, 4.69) is 10.0 Å². The van der Waals surface area contributed by atoms with E-state index in [-0.39, 0.29) is 60.0 Å². The summed E-state index contributed by atoms with van der Waals surface area (Å²) in [5.41, 5.74) is 0.554. The van der Waals surface area contributed by atoms with E-state index in [9.17, 15) is 27.6 Å². The standard InChI is InChI=1S/C38H64N4O8S/c1-12-26(6)35(41(9)38(46)29(24(2)3)21-31(43)34(39-8)25(4)5)32(49-10)22-33(44)42-20-16-19-30(42)36(50-11)27(7)37(45)40-51(47,48)23-28-17-14-13-15-18-28/h13-15,17-18,24-27,29-30,32,34-36,39H,12,16,19-23H2,1-11H3,(H,40,45)/t26-,27+,29-,30-,32+,34-,35-,36+/m0/s1. The Labute approximate surface area is 306 Å². The van der Waals surface area contributed by atoms with Gasteiger partial charge in [0.1, 0.15) is 0 Å². The van der Waals surface area contributed by atoms with Gasteiger partial charge in [0.15, 0.2) is 5.78 Å². The van der Waals surface area contributed by atoms with Crippen LogP contribution in [0.5, 0.6) is 0 Å². The molecule has 1 heterocycles. The average molecular weight is 737 g/mol. The second kappa shape index (κ2) is 20.4. The fraction of sp³-hybridized carbons (Fsp3) is 0.737. The first kappa shape index (κ1) is 44.3. The molecule has 0 aromatic heterocycles. The van der Waals surface area contributed by atoms with Crippen LogP contribution < -0.4 is 10.0 Å². The minimum Gasteiger partial charge on any atom is -0.379 e. The van der Waals surface area contributed by atoms with Crippen LogP contribution in [0.25, 0.3) is 0 Å². The van der Waals surface area contributed by atoms with Gasteiger partial charge in [0.2, 0.25) is 27.7 Å². The number of Topliss-reactive ketones (excluding diaryl/α,β-unsaturated/α-hetero) is 1. The fourth-order valence-corrected chi connectivity index (χ4v) is 8.66. The van der Waals surface area contributed by atoms with E-state index in [0.29, 0.717) is 24.9 Å². The molecule has 0 saturated carbocycles. The van der Waals surface area contributed by atoms with Gasteiger partial charge in [0, 0.05) is 40.2 Å². The lowest BCUT2D eigenvalue weighted by molar-refractivity contribution is -0.149. The van der Waals surface area contributed by atoms with Gasteiger partial charge in [-0.2, -0.15) is 0 Å². The van der Waals surface area contributed by atoms with Gasteiger partial charge in [0.25, 0.3) is 0 Å². The van der Waals surface area contributed by atoms with Crippen molar-refractivity contribution in [3.63, 3.8) is 0 Å². The van der Waals surface area contributed by atoms with Crippen molar-refractivity contribution in [3.05, 3.63) is 35.9 Å². The van der Waals surface area contributed by atoms with Crippen molar-refractivity contribution in [2.45, 2.75) is 117 Å². The fourth-order valence-electron chi connectivity index (χ4n) is 7.46. The van der Waals surface area contributed by atoms with Gasteiger partial charge in [-0.05, 0) is 43.2 Å². The molecule has 0 unspecified atom stereocenters. The van der Waals surface area contributed by atoms with Crippen LogP contribution in [-0.4, -0.2) is 107 Å². The number of hydrogen-bond acceptors (Lipinski definition) is 9. The first-order valence-corrected chi connectivity index (χ1v) is 20.0. The van der Waals surface area contributed by atoms with Crippen molar-refractivity contribution in [3.8, 4) is 0 Å². The molecular formula is C38H64N4O8S. The Morgan fingerprint density at radius 1 is 0.961 bits per heavy atom. The molecule has 13 heteroatoms. The molecule has 2 N–H and O–H groups in total. The van der Waals surface area contributed by atoms with Crippen molar-refractivity contribution in [2.24, 2.45) is 29.6 Å². The molecule has 1 saturated heterocycles.